The second kappa shape index (κ2) is 6.51. The van der Waals surface area contributed by atoms with Crippen molar-refractivity contribution in [1.82, 2.24) is 0 Å². The number of quaternary nitrogens is 1. The van der Waals surface area contributed by atoms with Gasteiger partial charge in [0.1, 0.15) is 29.2 Å². The van der Waals surface area contributed by atoms with Gasteiger partial charge in [0.2, 0.25) is 11.2 Å². The summed E-state index contributed by atoms with van der Waals surface area (Å²) in [7, 11) is 0. The van der Waals surface area contributed by atoms with Crippen LogP contribution in [-0.4, -0.2) is 12.5 Å². The van der Waals surface area contributed by atoms with Gasteiger partial charge in [-0.1, -0.05) is 0 Å². The molecule has 0 atom stereocenters. The fourth-order valence-corrected chi connectivity index (χ4v) is 2.04. The molecule has 3 N–H and O–H groups in total. The quantitative estimate of drug-likeness (QED) is 0.582. The topological polar surface area (TPSA) is 93.4 Å². The molecule has 1 heterocycles. The predicted molar refractivity (Wildman–Crippen MR) is 82.3 cm³/mol. The van der Waals surface area contributed by atoms with Gasteiger partial charge in [-0.25, -0.2) is 9.18 Å². The highest BCUT2D eigenvalue weighted by atomic mass is 19.1. The van der Waals surface area contributed by atoms with Crippen LogP contribution in [0.1, 0.15) is 0 Å². The number of esters is 1. The van der Waals surface area contributed by atoms with Crippen molar-refractivity contribution < 1.29 is 28.8 Å². The van der Waals surface area contributed by atoms with Crippen molar-refractivity contribution in [2.75, 3.05) is 6.54 Å². The average molecular weight is 330 g/mol. The summed E-state index contributed by atoms with van der Waals surface area (Å²) in [5.41, 5.74) is 3.28. The molecule has 1 aromatic heterocycles. The van der Waals surface area contributed by atoms with Crippen LogP contribution in [0, 0.1) is 5.82 Å². The van der Waals surface area contributed by atoms with Crippen LogP contribution in [-0.2, 0) is 4.79 Å². The Morgan fingerprint density at radius 1 is 1.12 bits per heavy atom. The van der Waals surface area contributed by atoms with E-state index in [4.69, 9.17) is 13.9 Å². The standard InChI is InChI=1S/C17H12FNO5/c18-10-1-3-11(4-2-10)23-15-9-22-14-7-12(24-16(20)8-19)5-6-13(14)17(15)21/h1-7,9H,8,19H2/p+1. The van der Waals surface area contributed by atoms with E-state index in [1.807, 2.05) is 0 Å². The molecule has 3 rings (SSSR count). The van der Waals surface area contributed by atoms with Crippen molar-refractivity contribution in [2.24, 2.45) is 0 Å². The minimum Gasteiger partial charge on any atom is -0.460 e. The van der Waals surface area contributed by atoms with E-state index < -0.39 is 17.2 Å². The SMILES string of the molecule is [NH3+]CC(=O)Oc1ccc2c(=O)c(Oc3ccc(F)cc3)coc2c1. The number of rotatable bonds is 4. The Labute approximate surface area is 135 Å². The van der Waals surface area contributed by atoms with Crippen LogP contribution in [0.2, 0.25) is 0 Å². The first-order chi connectivity index (χ1) is 11.6. The van der Waals surface area contributed by atoms with Gasteiger partial charge in [0.25, 0.3) is 0 Å². The number of hydrogen-bond acceptors (Lipinski definition) is 5. The summed E-state index contributed by atoms with van der Waals surface area (Å²) >= 11 is 0. The summed E-state index contributed by atoms with van der Waals surface area (Å²) in [5, 5.41) is 0.268. The summed E-state index contributed by atoms with van der Waals surface area (Å²) in [6.07, 6.45) is 1.15. The highest BCUT2D eigenvalue weighted by Crippen LogP contribution is 2.24. The molecule has 0 aliphatic carbocycles. The number of ether oxygens (including phenoxy) is 2. The molecule has 0 radical (unpaired) electrons. The maximum Gasteiger partial charge on any atom is 0.366 e. The van der Waals surface area contributed by atoms with E-state index in [-0.39, 0.29) is 29.0 Å². The zero-order valence-electron chi connectivity index (χ0n) is 12.5. The Morgan fingerprint density at radius 2 is 1.83 bits per heavy atom. The Morgan fingerprint density at radius 3 is 2.54 bits per heavy atom. The molecular weight excluding hydrogens is 317 g/mol. The zero-order valence-corrected chi connectivity index (χ0v) is 12.5. The van der Waals surface area contributed by atoms with E-state index in [9.17, 15) is 14.0 Å². The Hall–Kier alpha value is -3.19. The van der Waals surface area contributed by atoms with E-state index in [1.54, 1.807) is 0 Å². The second-order valence-electron chi connectivity index (χ2n) is 4.87. The van der Waals surface area contributed by atoms with Crippen LogP contribution in [0.5, 0.6) is 17.2 Å². The molecule has 0 fully saturated rings. The molecule has 0 aliphatic heterocycles. The Kier molecular flexibility index (Phi) is 4.26. The first-order valence-corrected chi connectivity index (χ1v) is 7.06. The maximum absolute atomic E-state index is 12.9. The van der Waals surface area contributed by atoms with E-state index in [1.165, 1.54) is 42.5 Å². The normalized spacial score (nSPS) is 10.6. The molecule has 6 nitrogen and oxygen atoms in total. The van der Waals surface area contributed by atoms with Crippen molar-refractivity contribution in [1.29, 1.82) is 0 Å². The first-order valence-electron chi connectivity index (χ1n) is 7.06. The van der Waals surface area contributed by atoms with Crippen LogP contribution >= 0.6 is 0 Å². The summed E-state index contributed by atoms with van der Waals surface area (Å²) in [5.74, 6) is -0.364. The lowest BCUT2D eigenvalue weighted by molar-refractivity contribution is -0.358. The van der Waals surface area contributed by atoms with Crippen molar-refractivity contribution in [3.8, 4) is 17.2 Å². The number of halogens is 1. The fraction of sp³-hybridized carbons (Fsp3) is 0.0588. The number of benzene rings is 2. The van der Waals surface area contributed by atoms with E-state index in [0.29, 0.717) is 5.75 Å². The number of fused-ring (bicyclic) bond motifs is 1. The molecule has 0 saturated heterocycles. The molecule has 0 spiro atoms. The van der Waals surface area contributed by atoms with E-state index in [2.05, 4.69) is 5.73 Å². The lowest BCUT2D eigenvalue weighted by Gasteiger charge is -2.06. The minimum atomic E-state index is -0.493. The van der Waals surface area contributed by atoms with Crippen LogP contribution in [0.25, 0.3) is 11.0 Å². The number of hydrogen-bond donors (Lipinski definition) is 1. The van der Waals surface area contributed by atoms with Gasteiger partial charge in [0, 0.05) is 6.07 Å². The fourth-order valence-electron chi connectivity index (χ4n) is 2.04. The van der Waals surface area contributed by atoms with Gasteiger partial charge in [-0.2, -0.15) is 0 Å². The van der Waals surface area contributed by atoms with Crippen molar-refractivity contribution in [3.05, 3.63) is 64.8 Å². The van der Waals surface area contributed by atoms with Crippen LogP contribution in [0.4, 0.5) is 4.39 Å². The molecule has 7 heteroatoms. The van der Waals surface area contributed by atoms with Gasteiger partial charge in [-0.15, -0.1) is 0 Å². The summed E-state index contributed by atoms with van der Waals surface area (Å²) in [6.45, 7) is -0.00751. The third-order valence-corrected chi connectivity index (χ3v) is 3.19. The van der Waals surface area contributed by atoms with Gasteiger partial charge >= 0.3 is 5.97 Å². The lowest BCUT2D eigenvalue weighted by Crippen LogP contribution is -2.55. The minimum absolute atomic E-state index is 0.00751. The highest BCUT2D eigenvalue weighted by Gasteiger charge is 2.12. The van der Waals surface area contributed by atoms with Crippen molar-refractivity contribution in [3.63, 3.8) is 0 Å². The first kappa shape index (κ1) is 15.7. The molecule has 0 bridgehead atoms. The van der Waals surface area contributed by atoms with Gasteiger partial charge in [-0.3, -0.25) is 4.79 Å². The largest absolute Gasteiger partial charge is 0.460 e. The van der Waals surface area contributed by atoms with Crippen LogP contribution in [0.3, 0.4) is 0 Å². The highest BCUT2D eigenvalue weighted by molar-refractivity contribution is 5.80. The van der Waals surface area contributed by atoms with Gasteiger partial charge in [0.15, 0.2) is 6.54 Å². The second-order valence-corrected chi connectivity index (χ2v) is 4.87. The monoisotopic (exact) mass is 330 g/mol. The smallest absolute Gasteiger partial charge is 0.366 e. The molecule has 0 aliphatic rings. The van der Waals surface area contributed by atoms with Gasteiger partial charge in [-0.05, 0) is 36.4 Å². The average Bonchev–Trinajstić information content (AvgIpc) is 2.59. The van der Waals surface area contributed by atoms with Crippen molar-refractivity contribution in [2.45, 2.75) is 0 Å². The maximum atomic E-state index is 12.9. The third kappa shape index (κ3) is 3.26. The molecule has 0 amide bonds. The van der Waals surface area contributed by atoms with E-state index in [0.717, 1.165) is 6.26 Å². The molecule has 0 unspecified atom stereocenters. The summed E-state index contributed by atoms with van der Waals surface area (Å²) < 4.78 is 28.7. The summed E-state index contributed by atoms with van der Waals surface area (Å²) in [4.78, 5) is 23.7. The van der Waals surface area contributed by atoms with Crippen molar-refractivity contribution >= 4 is 16.9 Å². The zero-order chi connectivity index (χ0) is 17.1. The Bertz CT molecular complexity index is 949. The van der Waals surface area contributed by atoms with Crippen LogP contribution < -0.4 is 20.6 Å². The molecule has 3 aromatic rings. The third-order valence-electron chi connectivity index (χ3n) is 3.19. The summed E-state index contributed by atoms with van der Waals surface area (Å²) in [6, 6.07) is 9.65. The van der Waals surface area contributed by atoms with Gasteiger partial charge < -0.3 is 19.6 Å². The predicted octanol–water partition coefficient (Wildman–Crippen LogP) is 1.87. The molecule has 2 aromatic carbocycles. The molecule has 122 valence electrons. The van der Waals surface area contributed by atoms with E-state index >= 15 is 0 Å². The lowest BCUT2D eigenvalue weighted by atomic mass is 10.2. The number of carbonyl (C=O) groups excluding carboxylic acids is 1. The van der Waals surface area contributed by atoms with Gasteiger partial charge in [0.05, 0.1) is 5.39 Å². The molecule has 0 saturated carbocycles. The molecular formula is C17H13FNO5+. The Balaban J connectivity index is 1.93. The van der Waals surface area contributed by atoms with Crippen LogP contribution in [0.15, 0.2) is 57.9 Å². The molecule has 24 heavy (non-hydrogen) atoms. The number of carbonyl (C=O) groups is 1.